The third kappa shape index (κ3) is 3.86. The predicted molar refractivity (Wildman–Crippen MR) is 103 cm³/mol. The van der Waals surface area contributed by atoms with Gasteiger partial charge in [-0.1, -0.05) is 0 Å². The minimum atomic E-state index is -3.57. The fourth-order valence-electron chi connectivity index (χ4n) is 3.16. The first kappa shape index (κ1) is 17.7. The summed E-state index contributed by atoms with van der Waals surface area (Å²) in [5.41, 5.74) is 8.87. The van der Waals surface area contributed by atoms with Gasteiger partial charge >= 0.3 is 0 Å². The summed E-state index contributed by atoms with van der Waals surface area (Å²) >= 11 is 1.25. The van der Waals surface area contributed by atoms with E-state index < -0.39 is 10.0 Å². The quantitative estimate of drug-likeness (QED) is 0.719. The van der Waals surface area contributed by atoms with Gasteiger partial charge in [-0.3, -0.25) is 15.6 Å². The zero-order chi connectivity index (χ0) is 18.0. The van der Waals surface area contributed by atoms with E-state index in [9.17, 15) is 8.42 Å². The molecule has 2 aliphatic heterocycles. The Morgan fingerprint density at radius 2 is 1.96 bits per heavy atom. The number of hydrazine groups is 1. The van der Waals surface area contributed by atoms with Crippen LogP contribution in [0.4, 0.5) is 11.4 Å². The van der Waals surface area contributed by atoms with E-state index in [4.69, 9.17) is 4.74 Å². The number of benzene rings is 1. The lowest BCUT2D eigenvalue weighted by Crippen LogP contribution is -2.36. The standard InChI is InChI=1S/C17H22N4O3S2/c22-26(23,17-11-13(12-25-17)16-5-6-18-19-16)20-14-1-3-15(4-2-14)21-7-9-24-10-8-21/h1-4,11-12,16,18-20H,5-10H2. The number of sulfonamides is 1. The van der Waals surface area contributed by atoms with Gasteiger partial charge in [0.25, 0.3) is 10.0 Å². The van der Waals surface area contributed by atoms with Gasteiger partial charge in [-0.2, -0.15) is 0 Å². The van der Waals surface area contributed by atoms with Crippen molar-refractivity contribution in [1.29, 1.82) is 0 Å². The third-order valence-corrected chi connectivity index (χ3v) is 7.43. The number of morpholine rings is 1. The highest BCUT2D eigenvalue weighted by Gasteiger charge is 2.22. The van der Waals surface area contributed by atoms with Crippen LogP contribution in [0.25, 0.3) is 0 Å². The van der Waals surface area contributed by atoms with Crippen molar-refractivity contribution in [3.63, 3.8) is 0 Å². The molecule has 1 aromatic carbocycles. The first-order chi connectivity index (χ1) is 12.6. The number of thiophene rings is 1. The molecule has 0 aliphatic carbocycles. The average molecular weight is 395 g/mol. The van der Waals surface area contributed by atoms with E-state index in [2.05, 4.69) is 20.5 Å². The fraction of sp³-hybridized carbons (Fsp3) is 0.412. The van der Waals surface area contributed by atoms with Gasteiger partial charge in [0.1, 0.15) is 4.21 Å². The van der Waals surface area contributed by atoms with E-state index in [1.807, 2.05) is 17.5 Å². The Balaban J connectivity index is 1.45. The molecule has 2 saturated heterocycles. The van der Waals surface area contributed by atoms with Crippen molar-refractivity contribution in [2.75, 3.05) is 42.5 Å². The summed E-state index contributed by atoms with van der Waals surface area (Å²) in [5, 5.41) is 1.90. The van der Waals surface area contributed by atoms with Gasteiger partial charge in [-0.25, -0.2) is 8.42 Å². The number of rotatable bonds is 5. The molecule has 2 fully saturated rings. The van der Waals surface area contributed by atoms with Gasteiger partial charge in [0.05, 0.1) is 13.2 Å². The fourth-order valence-corrected chi connectivity index (χ4v) is 5.46. The number of nitrogens with one attached hydrogen (secondary N) is 3. The minimum absolute atomic E-state index is 0.169. The number of ether oxygens (including phenoxy) is 1. The second kappa shape index (κ2) is 7.53. The molecule has 4 rings (SSSR count). The second-order valence-electron chi connectivity index (χ2n) is 6.36. The maximum Gasteiger partial charge on any atom is 0.271 e. The molecule has 0 bridgehead atoms. The molecular weight excluding hydrogens is 372 g/mol. The van der Waals surface area contributed by atoms with Gasteiger partial charge in [-0.15, -0.1) is 11.3 Å². The van der Waals surface area contributed by atoms with Gasteiger partial charge in [0, 0.05) is 37.1 Å². The molecular formula is C17H22N4O3S2. The van der Waals surface area contributed by atoms with Crippen LogP contribution in [-0.4, -0.2) is 41.3 Å². The average Bonchev–Trinajstić information content (AvgIpc) is 3.35. The van der Waals surface area contributed by atoms with Crippen LogP contribution in [0.15, 0.2) is 39.9 Å². The Kier molecular flexibility index (Phi) is 5.14. The molecule has 1 aromatic heterocycles. The van der Waals surface area contributed by atoms with Crippen molar-refractivity contribution in [2.45, 2.75) is 16.7 Å². The summed E-state index contributed by atoms with van der Waals surface area (Å²) in [7, 11) is -3.57. The van der Waals surface area contributed by atoms with Crippen molar-refractivity contribution in [1.82, 2.24) is 10.9 Å². The van der Waals surface area contributed by atoms with E-state index in [0.717, 1.165) is 50.5 Å². The van der Waals surface area contributed by atoms with E-state index in [0.29, 0.717) is 9.90 Å². The molecule has 0 spiro atoms. The molecule has 2 aromatic rings. The molecule has 2 aliphatic rings. The lowest BCUT2D eigenvalue weighted by Gasteiger charge is -2.28. The van der Waals surface area contributed by atoms with E-state index >= 15 is 0 Å². The number of anilines is 2. The molecule has 0 saturated carbocycles. The molecule has 26 heavy (non-hydrogen) atoms. The van der Waals surface area contributed by atoms with Crippen molar-refractivity contribution in [2.24, 2.45) is 0 Å². The Bertz CT molecular complexity index is 839. The van der Waals surface area contributed by atoms with Crippen molar-refractivity contribution in [3.05, 3.63) is 41.3 Å². The second-order valence-corrected chi connectivity index (χ2v) is 9.18. The van der Waals surface area contributed by atoms with Crippen LogP contribution >= 0.6 is 11.3 Å². The Morgan fingerprint density at radius 1 is 1.19 bits per heavy atom. The van der Waals surface area contributed by atoms with E-state index in [1.54, 1.807) is 18.2 Å². The summed E-state index contributed by atoms with van der Waals surface area (Å²) in [6, 6.07) is 9.41. The third-order valence-electron chi connectivity index (χ3n) is 4.59. The molecule has 7 nitrogen and oxygen atoms in total. The van der Waals surface area contributed by atoms with Gasteiger partial charge in [0.15, 0.2) is 0 Å². The molecule has 0 radical (unpaired) electrons. The maximum atomic E-state index is 12.7. The lowest BCUT2D eigenvalue weighted by atomic mass is 10.1. The Labute approximate surface area is 157 Å². The smallest absolute Gasteiger partial charge is 0.271 e. The van der Waals surface area contributed by atoms with Gasteiger partial charge in [-0.05, 0) is 47.7 Å². The highest BCUT2D eigenvalue weighted by Crippen LogP contribution is 2.29. The Morgan fingerprint density at radius 3 is 2.65 bits per heavy atom. The topological polar surface area (TPSA) is 82.7 Å². The molecule has 9 heteroatoms. The zero-order valence-electron chi connectivity index (χ0n) is 14.3. The highest BCUT2D eigenvalue weighted by atomic mass is 32.2. The van der Waals surface area contributed by atoms with E-state index in [1.165, 1.54) is 11.3 Å². The first-order valence-electron chi connectivity index (χ1n) is 8.64. The first-order valence-corrected chi connectivity index (χ1v) is 11.0. The van der Waals surface area contributed by atoms with Crippen molar-refractivity contribution in [3.8, 4) is 0 Å². The summed E-state index contributed by atoms with van der Waals surface area (Å²) in [6.07, 6.45) is 0.951. The summed E-state index contributed by atoms with van der Waals surface area (Å²) in [4.78, 5) is 2.23. The van der Waals surface area contributed by atoms with Crippen LogP contribution in [0.3, 0.4) is 0 Å². The van der Waals surface area contributed by atoms with Gasteiger partial charge < -0.3 is 9.64 Å². The van der Waals surface area contributed by atoms with Gasteiger partial charge in [0.2, 0.25) is 0 Å². The monoisotopic (exact) mass is 394 g/mol. The summed E-state index contributed by atoms with van der Waals surface area (Å²) in [6.45, 7) is 4.04. The number of hydrogen-bond acceptors (Lipinski definition) is 7. The largest absolute Gasteiger partial charge is 0.378 e. The number of nitrogens with zero attached hydrogens (tertiary/aromatic N) is 1. The maximum absolute atomic E-state index is 12.7. The van der Waals surface area contributed by atoms with Crippen LogP contribution in [-0.2, 0) is 14.8 Å². The van der Waals surface area contributed by atoms with Crippen LogP contribution in [0.5, 0.6) is 0 Å². The molecule has 140 valence electrons. The van der Waals surface area contributed by atoms with Crippen LogP contribution in [0.2, 0.25) is 0 Å². The minimum Gasteiger partial charge on any atom is -0.378 e. The van der Waals surface area contributed by atoms with Crippen LogP contribution < -0.4 is 20.5 Å². The van der Waals surface area contributed by atoms with Crippen molar-refractivity contribution < 1.29 is 13.2 Å². The molecule has 3 N–H and O–H groups in total. The Hall–Kier alpha value is -1.65. The summed E-state index contributed by atoms with van der Waals surface area (Å²) < 4.78 is 33.7. The summed E-state index contributed by atoms with van der Waals surface area (Å²) in [5.74, 6) is 0. The zero-order valence-corrected chi connectivity index (χ0v) is 15.9. The molecule has 3 heterocycles. The molecule has 0 amide bonds. The SMILES string of the molecule is O=S(=O)(Nc1ccc(N2CCOCC2)cc1)c1cc(C2CCNN2)cs1. The van der Waals surface area contributed by atoms with Crippen LogP contribution in [0.1, 0.15) is 18.0 Å². The highest BCUT2D eigenvalue weighted by molar-refractivity contribution is 7.94. The molecule has 1 atom stereocenters. The normalized spacial score (nSPS) is 21.1. The predicted octanol–water partition coefficient (Wildman–Crippen LogP) is 1.92. The van der Waals surface area contributed by atoms with Crippen LogP contribution in [0, 0.1) is 0 Å². The lowest BCUT2D eigenvalue weighted by molar-refractivity contribution is 0.122. The molecule has 1 unspecified atom stereocenters. The number of hydrogen-bond donors (Lipinski definition) is 3. The van der Waals surface area contributed by atoms with E-state index in [-0.39, 0.29) is 6.04 Å². The van der Waals surface area contributed by atoms with Crippen molar-refractivity contribution >= 4 is 32.7 Å².